The fraction of sp³-hybridized carbons (Fsp3) is 0.524. The van der Waals surface area contributed by atoms with Crippen LogP contribution in [0.1, 0.15) is 53.5 Å². The summed E-state index contributed by atoms with van der Waals surface area (Å²) in [6.45, 7) is 11.5. The van der Waals surface area contributed by atoms with Crippen LogP contribution in [0, 0.1) is 16.7 Å². The van der Waals surface area contributed by atoms with Crippen molar-refractivity contribution in [3.8, 4) is 6.07 Å². The highest BCUT2D eigenvalue weighted by atomic mass is 16.7. The van der Waals surface area contributed by atoms with Crippen molar-refractivity contribution in [1.29, 1.82) is 5.26 Å². The van der Waals surface area contributed by atoms with Crippen molar-refractivity contribution in [2.45, 2.75) is 59.2 Å². The van der Waals surface area contributed by atoms with Gasteiger partial charge in [0.15, 0.2) is 5.41 Å². The Hall–Kier alpha value is -2.10. The van der Waals surface area contributed by atoms with Crippen LogP contribution in [0.5, 0.6) is 0 Å². The minimum absolute atomic E-state index is 0.205. The van der Waals surface area contributed by atoms with Crippen molar-refractivity contribution in [2.75, 3.05) is 6.61 Å². The van der Waals surface area contributed by atoms with Gasteiger partial charge in [-0.3, -0.25) is 4.79 Å². The molecule has 0 aromatic heterocycles. The topological polar surface area (TPSA) is 68.6 Å². The smallest absolute Gasteiger partial charge is 0.465 e. The normalized spacial score (nSPS) is 20.6. The minimum Gasteiger partial charge on any atom is -0.465 e. The van der Waals surface area contributed by atoms with Crippen molar-refractivity contribution in [3.05, 3.63) is 41.9 Å². The van der Waals surface area contributed by atoms with Crippen LogP contribution in [0.2, 0.25) is 0 Å². The molecule has 1 aliphatic heterocycles. The molecule has 2 rings (SSSR count). The van der Waals surface area contributed by atoms with Gasteiger partial charge in [0.2, 0.25) is 0 Å². The summed E-state index contributed by atoms with van der Waals surface area (Å²) in [5.41, 5.74) is -0.490. The van der Waals surface area contributed by atoms with Crippen molar-refractivity contribution in [1.82, 2.24) is 0 Å². The molecule has 0 spiro atoms. The molecule has 0 N–H and O–H groups in total. The summed E-state index contributed by atoms with van der Waals surface area (Å²) >= 11 is 0. The highest BCUT2D eigenvalue weighted by molar-refractivity contribution is 6.53. The zero-order valence-electron chi connectivity index (χ0n) is 17.0. The lowest BCUT2D eigenvalue weighted by Gasteiger charge is -2.32. The van der Waals surface area contributed by atoms with Crippen LogP contribution in [0.4, 0.5) is 0 Å². The molecule has 1 aromatic rings. The van der Waals surface area contributed by atoms with E-state index in [0.29, 0.717) is 0 Å². The molecule has 6 heteroatoms. The van der Waals surface area contributed by atoms with Crippen LogP contribution < -0.4 is 0 Å². The predicted molar refractivity (Wildman–Crippen MR) is 105 cm³/mol. The molecule has 27 heavy (non-hydrogen) atoms. The first-order chi connectivity index (χ1) is 12.5. The Kier molecular flexibility index (Phi) is 6.19. The Balaban J connectivity index is 2.39. The number of allylic oxidation sites excluding steroid dienone is 1. The van der Waals surface area contributed by atoms with Gasteiger partial charge < -0.3 is 14.0 Å². The van der Waals surface area contributed by atoms with E-state index in [2.05, 4.69) is 6.07 Å². The maximum absolute atomic E-state index is 12.4. The number of hydrogen-bond donors (Lipinski definition) is 0. The summed E-state index contributed by atoms with van der Waals surface area (Å²) in [5.74, 6) is 1.34. The number of carbonyl (C=O) groups excluding carboxylic acids is 1. The van der Waals surface area contributed by atoms with Gasteiger partial charge in [0.25, 0.3) is 0 Å². The molecule has 0 radical (unpaired) electrons. The Morgan fingerprint density at radius 2 is 1.78 bits per heavy atom. The fourth-order valence-electron chi connectivity index (χ4n) is 2.86. The van der Waals surface area contributed by atoms with Crippen molar-refractivity contribution >= 4 is 18.7 Å². The van der Waals surface area contributed by atoms with Gasteiger partial charge in [-0.25, -0.2) is 0 Å². The second-order valence-electron chi connectivity index (χ2n) is 8.02. The fourth-order valence-corrected chi connectivity index (χ4v) is 2.86. The van der Waals surface area contributed by atoms with E-state index in [4.69, 9.17) is 14.0 Å². The van der Waals surface area contributed by atoms with Gasteiger partial charge in [0.1, 0.15) is 0 Å². The number of rotatable bonds is 6. The van der Waals surface area contributed by atoms with E-state index in [-0.39, 0.29) is 13.0 Å². The average Bonchev–Trinajstić information content (AvgIpc) is 2.81. The van der Waals surface area contributed by atoms with Crippen LogP contribution in [-0.4, -0.2) is 30.9 Å². The zero-order valence-corrected chi connectivity index (χ0v) is 17.0. The molecule has 144 valence electrons. The summed E-state index contributed by atoms with van der Waals surface area (Å²) in [7, 11) is -0.560. The summed E-state index contributed by atoms with van der Waals surface area (Å²) in [5, 5.41) is 9.66. The lowest BCUT2D eigenvalue weighted by atomic mass is 9.77. The molecule has 1 heterocycles. The number of benzene rings is 1. The van der Waals surface area contributed by atoms with Gasteiger partial charge in [-0.2, -0.15) is 5.26 Å². The summed E-state index contributed by atoms with van der Waals surface area (Å²) in [6, 6.07) is 11.8. The molecule has 0 saturated carbocycles. The molecule has 1 aliphatic rings. The lowest BCUT2D eigenvalue weighted by molar-refractivity contribution is -0.150. The molecule has 1 aromatic carbocycles. The number of carbonyl (C=O) groups is 1. The second-order valence-corrected chi connectivity index (χ2v) is 8.02. The van der Waals surface area contributed by atoms with Crippen molar-refractivity contribution < 1.29 is 18.8 Å². The Morgan fingerprint density at radius 3 is 2.26 bits per heavy atom. The van der Waals surface area contributed by atoms with E-state index in [9.17, 15) is 10.1 Å². The molecule has 5 nitrogen and oxygen atoms in total. The van der Waals surface area contributed by atoms with Crippen molar-refractivity contribution in [3.63, 3.8) is 0 Å². The van der Waals surface area contributed by atoms with Gasteiger partial charge in [0.05, 0.1) is 23.9 Å². The SMILES string of the molecule is CCOC(=O)C(C)(C#N)C/C(=C\B1OC(C)(C)C(C)(C)O1)c1ccccc1. The molecule has 1 unspecified atom stereocenters. The van der Waals surface area contributed by atoms with E-state index in [1.807, 2.05) is 64.0 Å². The van der Waals surface area contributed by atoms with E-state index in [1.54, 1.807) is 13.8 Å². The van der Waals surface area contributed by atoms with Gasteiger partial charge in [-0.05, 0) is 52.7 Å². The molecular weight excluding hydrogens is 341 g/mol. The van der Waals surface area contributed by atoms with E-state index >= 15 is 0 Å². The van der Waals surface area contributed by atoms with Gasteiger partial charge in [-0.1, -0.05) is 36.3 Å². The maximum atomic E-state index is 12.4. The van der Waals surface area contributed by atoms with Gasteiger partial charge >= 0.3 is 13.1 Å². The lowest BCUT2D eigenvalue weighted by Crippen LogP contribution is -2.41. The summed E-state index contributed by atoms with van der Waals surface area (Å²) < 4.78 is 17.3. The van der Waals surface area contributed by atoms with Gasteiger partial charge in [0, 0.05) is 6.42 Å². The van der Waals surface area contributed by atoms with Crippen LogP contribution in [0.15, 0.2) is 36.3 Å². The number of esters is 1. The van der Waals surface area contributed by atoms with Crippen molar-refractivity contribution in [2.24, 2.45) is 5.41 Å². The van der Waals surface area contributed by atoms with Crippen LogP contribution in [0.3, 0.4) is 0 Å². The van der Waals surface area contributed by atoms with Crippen LogP contribution in [0.25, 0.3) is 5.57 Å². The van der Waals surface area contributed by atoms with Crippen LogP contribution in [-0.2, 0) is 18.8 Å². The molecule has 0 aliphatic carbocycles. The van der Waals surface area contributed by atoms with E-state index < -0.39 is 29.7 Å². The number of ether oxygens (including phenoxy) is 1. The first-order valence-electron chi connectivity index (χ1n) is 9.25. The third kappa shape index (κ3) is 4.61. The summed E-state index contributed by atoms with van der Waals surface area (Å²) in [4.78, 5) is 12.4. The predicted octanol–water partition coefficient (Wildman–Crippen LogP) is 4.18. The highest BCUT2D eigenvalue weighted by Crippen LogP contribution is 2.39. The number of nitriles is 1. The Labute approximate surface area is 162 Å². The molecular formula is C21H28BNO4. The third-order valence-electron chi connectivity index (χ3n) is 5.27. The number of nitrogens with zero attached hydrogens (tertiary/aromatic N) is 1. The van der Waals surface area contributed by atoms with Crippen LogP contribution >= 0.6 is 0 Å². The first kappa shape index (κ1) is 21.2. The molecule has 0 bridgehead atoms. The zero-order chi connectivity index (χ0) is 20.3. The third-order valence-corrected chi connectivity index (χ3v) is 5.27. The van der Waals surface area contributed by atoms with E-state index in [1.165, 1.54) is 0 Å². The first-order valence-corrected chi connectivity index (χ1v) is 9.25. The van der Waals surface area contributed by atoms with Gasteiger partial charge in [-0.15, -0.1) is 0 Å². The minimum atomic E-state index is -1.29. The Morgan fingerprint density at radius 1 is 1.22 bits per heavy atom. The second kappa shape index (κ2) is 7.88. The maximum Gasteiger partial charge on any atom is 0.487 e. The molecule has 1 fully saturated rings. The summed E-state index contributed by atoms with van der Waals surface area (Å²) in [6.07, 6.45) is 0.205. The standard InChI is InChI=1S/C21H28BNO4/c1-7-25-18(24)21(6,15-23)13-17(16-11-9-8-10-12-16)14-22-26-19(2,3)20(4,5)27-22/h8-12,14H,7,13H2,1-6H3/b17-14+. The number of hydrogen-bond acceptors (Lipinski definition) is 5. The monoisotopic (exact) mass is 369 g/mol. The molecule has 0 amide bonds. The average molecular weight is 369 g/mol. The molecule has 1 atom stereocenters. The largest absolute Gasteiger partial charge is 0.487 e. The quantitative estimate of drug-likeness (QED) is 0.556. The molecule has 1 saturated heterocycles. The highest BCUT2D eigenvalue weighted by Gasteiger charge is 2.50. The Bertz CT molecular complexity index is 735. The van der Waals surface area contributed by atoms with E-state index in [0.717, 1.165) is 11.1 Å².